The SMILES string of the molecule is Cl.NCCN(CCc1ccccc1)S(=O)(=O)C1CCS(=O)(=O)CC1. The number of nitrogens with two attached hydrogens (primary N) is 1. The molecule has 0 aliphatic carbocycles. The quantitative estimate of drug-likeness (QED) is 0.735. The van der Waals surface area contributed by atoms with Crippen molar-refractivity contribution in [3.63, 3.8) is 0 Å². The van der Waals surface area contributed by atoms with E-state index in [2.05, 4.69) is 0 Å². The van der Waals surface area contributed by atoms with Gasteiger partial charge >= 0.3 is 0 Å². The van der Waals surface area contributed by atoms with Gasteiger partial charge in [0, 0.05) is 19.6 Å². The average molecular weight is 397 g/mol. The summed E-state index contributed by atoms with van der Waals surface area (Å²) in [7, 11) is -6.59. The average Bonchev–Trinajstić information content (AvgIpc) is 2.52. The Balaban J connectivity index is 0.00000288. The molecule has 6 nitrogen and oxygen atoms in total. The lowest BCUT2D eigenvalue weighted by molar-refractivity contribution is 0.409. The van der Waals surface area contributed by atoms with E-state index in [0.29, 0.717) is 13.0 Å². The number of hydrogen-bond acceptors (Lipinski definition) is 5. The Labute approximate surface area is 150 Å². The van der Waals surface area contributed by atoms with Gasteiger partial charge < -0.3 is 5.73 Å². The molecule has 9 heteroatoms. The molecule has 0 saturated carbocycles. The van der Waals surface area contributed by atoms with Gasteiger partial charge in [-0.25, -0.2) is 21.1 Å². The molecule has 1 aromatic rings. The molecule has 0 radical (unpaired) electrons. The van der Waals surface area contributed by atoms with Crippen molar-refractivity contribution in [2.24, 2.45) is 5.73 Å². The van der Waals surface area contributed by atoms with Gasteiger partial charge in [0.25, 0.3) is 0 Å². The van der Waals surface area contributed by atoms with Crippen molar-refractivity contribution in [1.82, 2.24) is 4.31 Å². The molecule has 0 bridgehead atoms. The van der Waals surface area contributed by atoms with E-state index in [1.54, 1.807) is 0 Å². The predicted octanol–water partition coefficient (Wildman–Crippen LogP) is 0.819. The molecule has 0 aromatic heterocycles. The first kappa shape index (κ1) is 21.4. The van der Waals surface area contributed by atoms with Crippen molar-refractivity contribution in [3.8, 4) is 0 Å². The normalized spacial score (nSPS) is 18.2. The Kier molecular flexibility index (Phi) is 8.14. The highest BCUT2D eigenvalue weighted by Gasteiger charge is 2.36. The van der Waals surface area contributed by atoms with Crippen LogP contribution in [0.5, 0.6) is 0 Å². The van der Waals surface area contributed by atoms with E-state index in [9.17, 15) is 16.8 Å². The van der Waals surface area contributed by atoms with Crippen LogP contribution in [0.3, 0.4) is 0 Å². The molecule has 0 spiro atoms. The molecule has 1 saturated heterocycles. The van der Waals surface area contributed by atoms with Crippen LogP contribution in [0.15, 0.2) is 30.3 Å². The van der Waals surface area contributed by atoms with Crippen LogP contribution in [0.4, 0.5) is 0 Å². The Hall–Kier alpha value is -0.670. The van der Waals surface area contributed by atoms with Gasteiger partial charge in [-0.05, 0) is 24.8 Å². The van der Waals surface area contributed by atoms with Crippen molar-refractivity contribution < 1.29 is 16.8 Å². The Morgan fingerprint density at radius 1 is 1.08 bits per heavy atom. The van der Waals surface area contributed by atoms with E-state index < -0.39 is 25.1 Å². The third kappa shape index (κ3) is 5.70. The highest BCUT2D eigenvalue weighted by atomic mass is 35.5. The highest BCUT2D eigenvalue weighted by molar-refractivity contribution is 7.92. The second-order valence-electron chi connectivity index (χ2n) is 5.82. The van der Waals surface area contributed by atoms with Gasteiger partial charge in [0.2, 0.25) is 10.0 Å². The van der Waals surface area contributed by atoms with E-state index in [1.807, 2.05) is 30.3 Å². The topological polar surface area (TPSA) is 97.5 Å². The molecule has 0 unspecified atom stereocenters. The smallest absolute Gasteiger partial charge is 0.217 e. The van der Waals surface area contributed by atoms with Crippen molar-refractivity contribution in [2.45, 2.75) is 24.5 Å². The number of nitrogens with zero attached hydrogens (tertiary/aromatic N) is 1. The first-order valence-corrected chi connectivity index (χ1v) is 11.1. The molecule has 1 heterocycles. The summed E-state index contributed by atoms with van der Waals surface area (Å²) in [6.45, 7) is 0.879. The van der Waals surface area contributed by atoms with Crippen LogP contribution in [0.25, 0.3) is 0 Å². The Morgan fingerprint density at radius 2 is 1.67 bits per heavy atom. The molecule has 138 valence electrons. The van der Waals surface area contributed by atoms with Gasteiger partial charge in [0.1, 0.15) is 9.84 Å². The summed E-state index contributed by atoms with van der Waals surface area (Å²) in [4.78, 5) is 0. The van der Waals surface area contributed by atoms with Crippen LogP contribution in [0, 0.1) is 0 Å². The van der Waals surface area contributed by atoms with Crippen LogP contribution >= 0.6 is 12.4 Å². The summed E-state index contributed by atoms with van der Waals surface area (Å²) in [5.74, 6) is -0.0991. The molecule has 1 fully saturated rings. The second-order valence-corrected chi connectivity index (χ2v) is 10.3. The fraction of sp³-hybridized carbons (Fsp3) is 0.600. The van der Waals surface area contributed by atoms with Gasteiger partial charge in [-0.1, -0.05) is 30.3 Å². The second kappa shape index (κ2) is 9.15. The minimum absolute atomic E-state index is 0. The molecule has 24 heavy (non-hydrogen) atoms. The number of hydrogen-bond donors (Lipinski definition) is 1. The zero-order chi connectivity index (χ0) is 16.9. The first-order chi connectivity index (χ1) is 10.8. The zero-order valence-electron chi connectivity index (χ0n) is 13.5. The largest absolute Gasteiger partial charge is 0.329 e. The highest BCUT2D eigenvalue weighted by Crippen LogP contribution is 2.22. The van der Waals surface area contributed by atoms with Gasteiger partial charge in [0.15, 0.2) is 0 Å². The molecule has 0 atom stereocenters. The van der Waals surface area contributed by atoms with Crippen LogP contribution in [-0.4, -0.2) is 57.5 Å². The fourth-order valence-electron chi connectivity index (χ4n) is 2.79. The first-order valence-electron chi connectivity index (χ1n) is 7.78. The lowest BCUT2D eigenvalue weighted by Crippen LogP contribution is -2.45. The molecule has 0 amide bonds. The molecule has 2 rings (SSSR count). The lowest BCUT2D eigenvalue weighted by atomic mass is 10.1. The van der Waals surface area contributed by atoms with E-state index in [-0.39, 0.29) is 49.8 Å². The van der Waals surface area contributed by atoms with Crippen molar-refractivity contribution in [3.05, 3.63) is 35.9 Å². The predicted molar refractivity (Wildman–Crippen MR) is 98.6 cm³/mol. The van der Waals surface area contributed by atoms with Crippen molar-refractivity contribution in [2.75, 3.05) is 31.1 Å². The maximum atomic E-state index is 12.8. The molecule has 2 N–H and O–H groups in total. The summed E-state index contributed by atoms with van der Waals surface area (Å²) in [5.41, 5.74) is 6.63. The third-order valence-corrected chi connectivity index (χ3v) is 8.27. The standard InChI is InChI=1S/C15H24N2O4S2.ClH/c16-9-11-17(10-6-14-4-2-1-3-5-14)23(20,21)15-7-12-22(18,19)13-8-15;/h1-5,15H,6-13,16H2;1H. The summed E-state index contributed by atoms with van der Waals surface area (Å²) in [6, 6.07) is 9.67. The summed E-state index contributed by atoms with van der Waals surface area (Å²) in [5, 5.41) is -0.617. The summed E-state index contributed by atoms with van der Waals surface area (Å²) < 4.78 is 50.0. The maximum Gasteiger partial charge on any atom is 0.217 e. The van der Waals surface area contributed by atoms with E-state index in [0.717, 1.165) is 5.56 Å². The van der Waals surface area contributed by atoms with E-state index in [4.69, 9.17) is 5.73 Å². The lowest BCUT2D eigenvalue weighted by Gasteiger charge is -2.29. The van der Waals surface area contributed by atoms with Gasteiger partial charge in [-0.15, -0.1) is 12.4 Å². The maximum absolute atomic E-state index is 12.8. The number of rotatable bonds is 7. The van der Waals surface area contributed by atoms with Crippen molar-refractivity contribution in [1.29, 1.82) is 0 Å². The minimum atomic E-state index is -3.52. The van der Waals surface area contributed by atoms with Crippen molar-refractivity contribution >= 4 is 32.3 Å². The minimum Gasteiger partial charge on any atom is -0.329 e. The zero-order valence-corrected chi connectivity index (χ0v) is 16.0. The van der Waals surface area contributed by atoms with E-state index >= 15 is 0 Å². The van der Waals surface area contributed by atoms with Crippen LogP contribution in [-0.2, 0) is 26.3 Å². The van der Waals surface area contributed by atoms with Gasteiger partial charge in [-0.2, -0.15) is 0 Å². The monoisotopic (exact) mass is 396 g/mol. The summed E-state index contributed by atoms with van der Waals surface area (Å²) in [6.07, 6.45) is 0.971. The molecular formula is C15H25ClN2O4S2. The number of sulfonamides is 1. The van der Waals surface area contributed by atoms with Gasteiger partial charge in [0.05, 0.1) is 16.8 Å². The fourth-order valence-corrected chi connectivity index (χ4v) is 6.53. The molecule has 1 aliphatic rings. The van der Waals surface area contributed by atoms with Crippen LogP contribution < -0.4 is 5.73 Å². The molecule has 1 aromatic carbocycles. The van der Waals surface area contributed by atoms with Crippen LogP contribution in [0.1, 0.15) is 18.4 Å². The Morgan fingerprint density at radius 3 is 2.21 bits per heavy atom. The number of halogens is 1. The van der Waals surface area contributed by atoms with Crippen LogP contribution in [0.2, 0.25) is 0 Å². The van der Waals surface area contributed by atoms with E-state index in [1.165, 1.54) is 4.31 Å². The summed E-state index contributed by atoms with van der Waals surface area (Å²) >= 11 is 0. The molecular weight excluding hydrogens is 372 g/mol. The number of sulfone groups is 1. The molecule has 1 aliphatic heterocycles. The Bertz CT molecular complexity index is 694. The number of benzene rings is 1. The third-order valence-electron chi connectivity index (χ3n) is 4.15. The van der Waals surface area contributed by atoms with Gasteiger partial charge in [-0.3, -0.25) is 0 Å².